The molecule has 0 bridgehead atoms. The van der Waals surface area contributed by atoms with E-state index in [0.29, 0.717) is 23.8 Å². The van der Waals surface area contributed by atoms with Crippen LogP contribution >= 0.6 is 11.6 Å². The van der Waals surface area contributed by atoms with Crippen LogP contribution in [0.25, 0.3) is 0 Å². The molecule has 0 aliphatic heterocycles. The fraction of sp³-hybridized carbons (Fsp3) is 0.333. The van der Waals surface area contributed by atoms with E-state index in [9.17, 15) is 14.7 Å². The monoisotopic (exact) mass is 286 g/mol. The molecule has 104 valence electrons. The van der Waals surface area contributed by atoms with Gasteiger partial charge in [0.05, 0.1) is 23.1 Å². The number of benzene rings is 1. The van der Waals surface area contributed by atoms with Crippen molar-refractivity contribution in [2.45, 2.75) is 12.5 Å². The van der Waals surface area contributed by atoms with Crippen molar-refractivity contribution in [1.29, 1.82) is 0 Å². The maximum Gasteiger partial charge on any atom is 0.230 e. The number of amides is 1. The zero-order chi connectivity index (χ0) is 14.3. The van der Waals surface area contributed by atoms with Crippen LogP contribution in [0.1, 0.15) is 6.42 Å². The molecule has 1 atom stereocenters. The van der Waals surface area contributed by atoms with Gasteiger partial charge in [-0.2, -0.15) is 0 Å². The number of carbonyl (C=O) groups excluding carboxylic acids is 2. The van der Waals surface area contributed by atoms with E-state index in [2.05, 4.69) is 11.1 Å². The second-order valence-electron chi connectivity index (χ2n) is 4.04. The van der Waals surface area contributed by atoms with Gasteiger partial charge in [0.15, 0.2) is 0 Å². The van der Waals surface area contributed by atoms with E-state index in [1.165, 1.54) is 5.32 Å². The van der Waals surface area contributed by atoms with Gasteiger partial charge in [-0.25, -0.2) is 0 Å². The molecule has 0 aliphatic carbocycles. The van der Waals surface area contributed by atoms with Crippen LogP contribution in [0.4, 0.5) is 5.69 Å². The number of aliphatic carboxylic acids is 1. The molecule has 0 spiro atoms. The molecule has 6 nitrogen and oxygen atoms in total. The molecule has 6 N–H and O–H groups in total. The van der Waals surface area contributed by atoms with Crippen molar-refractivity contribution in [3.63, 3.8) is 0 Å². The molecular formula is C12H17ClN3O3+. The lowest BCUT2D eigenvalue weighted by atomic mass is 10.2. The van der Waals surface area contributed by atoms with E-state index in [0.717, 1.165) is 0 Å². The van der Waals surface area contributed by atoms with E-state index in [1.807, 2.05) is 0 Å². The summed E-state index contributed by atoms with van der Waals surface area (Å²) >= 11 is 5.89. The van der Waals surface area contributed by atoms with Crippen LogP contribution in [0.5, 0.6) is 0 Å². The van der Waals surface area contributed by atoms with Gasteiger partial charge in [-0.1, -0.05) is 23.7 Å². The number of nitrogens with one attached hydrogen (secondary N) is 1. The highest BCUT2D eigenvalue weighted by atomic mass is 35.5. The Morgan fingerprint density at radius 1 is 1.42 bits per heavy atom. The number of anilines is 1. The van der Waals surface area contributed by atoms with Gasteiger partial charge in [0.2, 0.25) is 5.91 Å². The predicted octanol–water partition coefficient (Wildman–Crippen LogP) is -2.41. The molecule has 0 saturated heterocycles. The first-order valence-corrected chi connectivity index (χ1v) is 6.30. The van der Waals surface area contributed by atoms with Gasteiger partial charge < -0.3 is 26.3 Å². The Morgan fingerprint density at radius 3 is 2.68 bits per heavy atom. The van der Waals surface area contributed by atoms with Crippen LogP contribution in [0.3, 0.4) is 0 Å². The maximum atomic E-state index is 11.7. The molecule has 0 fully saturated rings. The number of rotatable bonds is 7. The Hall–Kier alpha value is -1.63. The fourth-order valence-electron chi connectivity index (χ4n) is 1.55. The van der Waals surface area contributed by atoms with Crippen LogP contribution in [0, 0.1) is 0 Å². The van der Waals surface area contributed by atoms with E-state index < -0.39 is 17.9 Å². The average molecular weight is 287 g/mol. The highest BCUT2D eigenvalue weighted by Crippen LogP contribution is 2.20. The zero-order valence-electron chi connectivity index (χ0n) is 10.4. The summed E-state index contributed by atoms with van der Waals surface area (Å²) in [7, 11) is 0. The average Bonchev–Trinajstić information content (AvgIpc) is 2.37. The lowest BCUT2D eigenvalue weighted by Gasteiger charge is -2.15. The van der Waals surface area contributed by atoms with Crippen molar-refractivity contribution in [3.8, 4) is 0 Å². The smallest absolute Gasteiger partial charge is 0.230 e. The van der Waals surface area contributed by atoms with Gasteiger partial charge in [0.1, 0.15) is 19.1 Å². The van der Waals surface area contributed by atoms with Gasteiger partial charge in [-0.05, 0) is 12.1 Å². The first-order valence-electron chi connectivity index (χ1n) is 5.92. The minimum atomic E-state index is -1.26. The van der Waals surface area contributed by atoms with Gasteiger partial charge >= 0.3 is 0 Å². The van der Waals surface area contributed by atoms with Crippen molar-refractivity contribution in [2.24, 2.45) is 0 Å². The number of quaternary nitrogens is 2. The first-order chi connectivity index (χ1) is 9.04. The van der Waals surface area contributed by atoms with Crippen LogP contribution in [0.2, 0.25) is 5.02 Å². The zero-order valence-corrected chi connectivity index (χ0v) is 11.2. The molecular weight excluding hydrogens is 270 g/mol. The Labute approximate surface area is 115 Å². The maximum absolute atomic E-state index is 11.7. The van der Waals surface area contributed by atoms with Crippen molar-refractivity contribution in [3.05, 3.63) is 29.3 Å². The number of halogens is 1. The third-order valence-corrected chi connectivity index (χ3v) is 2.84. The Morgan fingerprint density at radius 2 is 2.11 bits per heavy atom. The summed E-state index contributed by atoms with van der Waals surface area (Å²) in [6.45, 7) is 1.11. The molecule has 7 heteroatoms. The molecule has 1 amide bonds. The van der Waals surface area contributed by atoms with Crippen LogP contribution < -0.4 is 21.5 Å². The van der Waals surface area contributed by atoms with Gasteiger partial charge in [-0.3, -0.25) is 4.79 Å². The number of hydrogen-bond acceptors (Lipinski definition) is 3. The van der Waals surface area contributed by atoms with Crippen molar-refractivity contribution in [2.75, 3.05) is 18.4 Å². The number of hydrogen-bond donors (Lipinski definition) is 3. The topological polar surface area (TPSA) is 113 Å². The van der Waals surface area contributed by atoms with Gasteiger partial charge in [0.25, 0.3) is 0 Å². The molecule has 1 aromatic rings. The Balaban J connectivity index is 2.58. The highest BCUT2D eigenvalue weighted by molar-refractivity contribution is 6.33. The summed E-state index contributed by atoms with van der Waals surface area (Å²) in [5.74, 6) is -1.68. The number of carbonyl (C=O) groups is 2. The second kappa shape index (κ2) is 7.73. The summed E-state index contributed by atoms with van der Waals surface area (Å²) in [5.41, 5.74) is 4.07. The lowest BCUT2D eigenvalue weighted by Crippen LogP contribution is -2.95. The third kappa shape index (κ3) is 5.25. The first kappa shape index (κ1) is 15.4. The minimum Gasteiger partial charge on any atom is -0.544 e. The van der Waals surface area contributed by atoms with Gasteiger partial charge in [0, 0.05) is 0 Å². The van der Waals surface area contributed by atoms with E-state index >= 15 is 0 Å². The van der Waals surface area contributed by atoms with Crippen molar-refractivity contribution < 1.29 is 25.7 Å². The van der Waals surface area contributed by atoms with Gasteiger partial charge in [-0.15, -0.1) is 0 Å². The summed E-state index contributed by atoms with van der Waals surface area (Å²) < 4.78 is 0. The molecule has 19 heavy (non-hydrogen) atoms. The number of carboxylic acid groups (broad SMARTS) is 1. The SMILES string of the molecule is [NH3+]CC[NH2+][C@H](CC(=O)Nc1ccccc1Cl)C(=O)[O-]. The normalized spacial score (nSPS) is 11.9. The quantitative estimate of drug-likeness (QED) is 0.519. The molecule has 1 aromatic carbocycles. The minimum absolute atomic E-state index is 0.173. The van der Waals surface area contributed by atoms with E-state index in [-0.39, 0.29) is 6.42 Å². The van der Waals surface area contributed by atoms with Crippen LogP contribution in [0.15, 0.2) is 24.3 Å². The number of para-hydroxylation sites is 1. The summed E-state index contributed by atoms with van der Waals surface area (Å²) in [5, 5.41) is 15.4. The molecule has 0 radical (unpaired) electrons. The summed E-state index contributed by atoms with van der Waals surface area (Å²) in [6, 6.07) is 5.84. The predicted molar refractivity (Wildman–Crippen MR) is 68.0 cm³/mol. The molecule has 1 rings (SSSR count). The Kier molecular flexibility index (Phi) is 6.27. The third-order valence-electron chi connectivity index (χ3n) is 2.51. The molecule has 0 unspecified atom stereocenters. The standard InChI is InChI=1S/C12H16ClN3O3/c13-8-3-1-2-4-9(8)16-11(17)7-10(12(18)19)15-6-5-14/h1-4,10,15H,5-7,14H2,(H,16,17)(H,18,19)/p+1/t10-/m1/s1. The van der Waals surface area contributed by atoms with Crippen molar-refractivity contribution in [1.82, 2.24) is 0 Å². The summed E-state index contributed by atoms with van der Waals surface area (Å²) in [4.78, 5) is 22.6. The number of carboxylic acids is 1. The van der Waals surface area contributed by atoms with E-state index in [4.69, 9.17) is 11.6 Å². The molecule has 0 aromatic heterocycles. The molecule has 0 saturated carbocycles. The van der Waals surface area contributed by atoms with E-state index in [1.54, 1.807) is 24.3 Å². The lowest BCUT2D eigenvalue weighted by molar-refractivity contribution is -0.695. The second-order valence-corrected chi connectivity index (χ2v) is 4.44. The summed E-state index contributed by atoms with van der Waals surface area (Å²) in [6.07, 6.45) is -0.173. The Bertz CT molecular complexity index is 454. The fourth-order valence-corrected chi connectivity index (χ4v) is 1.73. The number of nitrogens with two attached hydrogens (primary N) is 1. The largest absolute Gasteiger partial charge is 0.544 e. The van der Waals surface area contributed by atoms with Crippen LogP contribution in [-0.2, 0) is 9.59 Å². The van der Waals surface area contributed by atoms with Crippen molar-refractivity contribution >= 4 is 29.2 Å². The highest BCUT2D eigenvalue weighted by Gasteiger charge is 2.18. The van der Waals surface area contributed by atoms with Crippen LogP contribution in [-0.4, -0.2) is 31.0 Å². The molecule has 0 heterocycles. The molecule has 0 aliphatic rings.